The molecule has 1 aromatic carbocycles. The zero-order valence-corrected chi connectivity index (χ0v) is 12.1. The van der Waals surface area contributed by atoms with Gasteiger partial charge < -0.3 is 5.32 Å². The summed E-state index contributed by atoms with van der Waals surface area (Å²) in [5, 5.41) is 12.1. The summed E-state index contributed by atoms with van der Waals surface area (Å²) in [4.78, 5) is 0. The molecule has 16 heavy (non-hydrogen) atoms. The van der Waals surface area contributed by atoms with E-state index < -0.39 is 0 Å². The van der Waals surface area contributed by atoms with Gasteiger partial charge in [0, 0.05) is 21.5 Å². The molecule has 0 aliphatic carbocycles. The van der Waals surface area contributed by atoms with Gasteiger partial charge in [0.2, 0.25) is 0 Å². The molecule has 0 aliphatic heterocycles. The standard InChI is InChI=1S/C12H15BrN2S/c1-12(2,16-3)8-15-11-5-4-9(7-14)6-10(11)13/h4-6,15H,8H2,1-3H3. The van der Waals surface area contributed by atoms with Crippen molar-refractivity contribution in [2.75, 3.05) is 18.1 Å². The predicted molar refractivity (Wildman–Crippen MR) is 74.9 cm³/mol. The van der Waals surface area contributed by atoms with Gasteiger partial charge in [-0.25, -0.2) is 0 Å². The molecule has 2 nitrogen and oxygen atoms in total. The van der Waals surface area contributed by atoms with E-state index in [0.29, 0.717) is 5.56 Å². The first-order valence-corrected chi connectivity index (χ1v) is 6.99. The molecule has 0 saturated carbocycles. The van der Waals surface area contributed by atoms with Gasteiger partial charge in [-0.1, -0.05) is 0 Å². The van der Waals surface area contributed by atoms with Crippen LogP contribution in [-0.2, 0) is 0 Å². The van der Waals surface area contributed by atoms with E-state index in [4.69, 9.17) is 5.26 Å². The molecule has 86 valence electrons. The number of nitrogens with zero attached hydrogens (tertiary/aromatic N) is 1. The highest BCUT2D eigenvalue weighted by atomic mass is 79.9. The van der Waals surface area contributed by atoms with E-state index in [1.165, 1.54) is 0 Å². The van der Waals surface area contributed by atoms with E-state index in [1.54, 1.807) is 0 Å². The maximum atomic E-state index is 8.76. The monoisotopic (exact) mass is 298 g/mol. The maximum absolute atomic E-state index is 8.76. The number of nitriles is 1. The second-order valence-corrected chi connectivity index (χ2v) is 6.49. The van der Waals surface area contributed by atoms with Crippen molar-refractivity contribution in [2.24, 2.45) is 0 Å². The van der Waals surface area contributed by atoms with Gasteiger partial charge in [0.05, 0.1) is 11.6 Å². The Labute approximate surface area is 110 Å². The van der Waals surface area contributed by atoms with Crippen molar-refractivity contribution < 1.29 is 0 Å². The molecule has 0 amide bonds. The lowest BCUT2D eigenvalue weighted by Gasteiger charge is -2.23. The van der Waals surface area contributed by atoms with E-state index in [1.807, 2.05) is 30.0 Å². The molecule has 0 heterocycles. The fraction of sp³-hybridized carbons (Fsp3) is 0.417. The molecule has 0 aliphatic rings. The highest BCUT2D eigenvalue weighted by Crippen LogP contribution is 2.26. The van der Waals surface area contributed by atoms with Gasteiger partial charge in [-0.3, -0.25) is 0 Å². The number of nitrogens with one attached hydrogen (secondary N) is 1. The molecule has 1 N–H and O–H groups in total. The van der Waals surface area contributed by atoms with Crippen molar-refractivity contribution in [3.63, 3.8) is 0 Å². The topological polar surface area (TPSA) is 35.8 Å². The van der Waals surface area contributed by atoms with Crippen LogP contribution in [0.3, 0.4) is 0 Å². The first-order chi connectivity index (χ1) is 7.48. The van der Waals surface area contributed by atoms with E-state index in [9.17, 15) is 0 Å². The lowest BCUT2D eigenvalue weighted by atomic mass is 10.2. The smallest absolute Gasteiger partial charge is 0.0992 e. The fourth-order valence-corrected chi connectivity index (χ4v) is 1.84. The minimum atomic E-state index is 0.202. The number of rotatable bonds is 4. The molecule has 0 aromatic heterocycles. The number of benzene rings is 1. The average molecular weight is 299 g/mol. The SMILES string of the molecule is CSC(C)(C)CNc1ccc(C#N)cc1Br. The molecule has 1 rings (SSSR count). The summed E-state index contributed by atoms with van der Waals surface area (Å²) in [7, 11) is 0. The Kier molecular flexibility index (Phi) is 4.69. The maximum Gasteiger partial charge on any atom is 0.0992 e. The molecular formula is C12H15BrN2S. The largest absolute Gasteiger partial charge is 0.383 e. The minimum absolute atomic E-state index is 0.202. The van der Waals surface area contributed by atoms with Crippen molar-refractivity contribution in [3.05, 3.63) is 28.2 Å². The lowest BCUT2D eigenvalue weighted by molar-refractivity contribution is 0.752. The van der Waals surface area contributed by atoms with Crippen LogP contribution in [0.4, 0.5) is 5.69 Å². The third-order valence-electron chi connectivity index (χ3n) is 2.36. The first kappa shape index (κ1) is 13.4. The molecule has 4 heteroatoms. The second kappa shape index (κ2) is 5.60. The van der Waals surface area contributed by atoms with Crippen molar-refractivity contribution >= 4 is 33.4 Å². The Morgan fingerprint density at radius 1 is 1.50 bits per heavy atom. The average Bonchev–Trinajstić information content (AvgIpc) is 2.27. The van der Waals surface area contributed by atoms with Crippen molar-refractivity contribution in [3.8, 4) is 6.07 Å². The van der Waals surface area contributed by atoms with Crippen LogP contribution >= 0.6 is 27.7 Å². The summed E-state index contributed by atoms with van der Waals surface area (Å²) in [5.74, 6) is 0. The summed E-state index contributed by atoms with van der Waals surface area (Å²) in [5.41, 5.74) is 1.70. The van der Waals surface area contributed by atoms with Gasteiger partial charge in [0.25, 0.3) is 0 Å². The van der Waals surface area contributed by atoms with Crippen LogP contribution in [-0.4, -0.2) is 17.5 Å². The van der Waals surface area contributed by atoms with Crippen LogP contribution in [0.5, 0.6) is 0 Å². The summed E-state index contributed by atoms with van der Waals surface area (Å²) in [6, 6.07) is 7.69. The summed E-state index contributed by atoms with van der Waals surface area (Å²) in [6.45, 7) is 5.28. The molecule has 0 unspecified atom stereocenters. The van der Waals surface area contributed by atoms with E-state index in [-0.39, 0.29) is 4.75 Å². The molecule has 1 aromatic rings. The Hall–Kier alpha value is -0.660. The normalized spacial score (nSPS) is 10.9. The van der Waals surface area contributed by atoms with Crippen LogP contribution in [0, 0.1) is 11.3 Å². The summed E-state index contributed by atoms with van der Waals surface area (Å²) >= 11 is 5.29. The van der Waals surface area contributed by atoms with E-state index >= 15 is 0 Å². The number of anilines is 1. The predicted octanol–water partition coefficient (Wildman–Crippen LogP) is 3.87. The molecule has 0 radical (unpaired) electrons. The van der Waals surface area contributed by atoms with Crippen molar-refractivity contribution in [1.82, 2.24) is 0 Å². The third-order valence-corrected chi connectivity index (χ3v) is 4.26. The molecule has 0 atom stereocenters. The summed E-state index contributed by atoms with van der Waals surface area (Å²) in [6.07, 6.45) is 2.11. The Morgan fingerprint density at radius 2 is 2.19 bits per heavy atom. The van der Waals surface area contributed by atoms with Crippen LogP contribution < -0.4 is 5.32 Å². The number of hydrogen-bond donors (Lipinski definition) is 1. The molecular weight excluding hydrogens is 284 g/mol. The van der Waals surface area contributed by atoms with Gasteiger partial charge in [-0.05, 0) is 54.2 Å². The molecule has 0 saturated heterocycles. The van der Waals surface area contributed by atoms with Crippen molar-refractivity contribution in [1.29, 1.82) is 5.26 Å². The van der Waals surface area contributed by atoms with Crippen molar-refractivity contribution in [2.45, 2.75) is 18.6 Å². The van der Waals surface area contributed by atoms with E-state index in [0.717, 1.165) is 16.7 Å². The van der Waals surface area contributed by atoms with Gasteiger partial charge >= 0.3 is 0 Å². The molecule has 0 bridgehead atoms. The van der Waals surface area contributed by atoms with Gasteiger partial charge in [0.15, 0.2) is 0 Å². The quantitative estimate of drug-likeness (QED) is 0.916. The Balaban J connectivity index is 2.73. The fourth-order valence-electron chi connectivity index (χ4n) is 1.11. The van der Waals surface area contributed by atoms with Crippen LogP contribution in [0.15, 0.2) is 22.7 Å². The Morgan fingerprint density at radius 3 is 2.69 bits per heavy atom. The zero-order valence-electron chi connectivity index (χ0n) is 9.67. The van der Waals surface area contributed by atoms with Crippen LogP contribution in [0.2, 0.25) is 0 Å². The number of thioether (sulfide) groups is 1. The minimum Gasteiger partial charge on any atom is -0.383 e. The lowest BCUT2D eigenvalue weighted by Crippen LogP contribution is -2.25. The van der Waals surface area contributed by atoms with E-state index in [2.05, 4.69) is 47.4 Å². The number of hydrogen-bond acceptors (Lipinski definition) is 3. The van der Waals surface area contributed by atoms with Crippen LogP contribution in [0.1, 0.15) is 19.4 Å². The van der Waals surface area contributed by atoms with Crippen LogP contribution in [0.25, 0.3) is 0 Å². The highest BCUT2D eigenvalue weighted by Gasteiger charge is 2.15. The second-order valence-electron chi connectivity index (χ2n) is 4.12. The van der Waals surface area contributed by atoms with Gasteiger partial charge in [-0.2, -0.15) is 17.0 Å². The molecule has 0 spiro atoms. The van der Waals surface area contributed by atoms with Gasteiger partial charge in [-0.15, -0.1) is 0 Å². The van der Waals surface area contributed by atoms with Gasteiger partial charge in [0.1, 0.15) is 0 Å². The first-order valence-electron chi connectivity index (χ1n) is 4.97. The highest BCUT2D eigenvalue weighted by molar-refractivity contribution is 9.10. The third kappa shape index (κ3) is 3.73. The molecule has 0 fully saturated rings. The zero-order chi connectivity index (χ0) is 12.2. The summed E-state index contributed by atoms with van der Waals surface area (Å²) < 4.78 is 1.14. The Bertz CT molecular complexity index is 410. The number of halogens is 1.